The number of aliphatic hydroxyl groups is 2. The Balaban J connectivity index is 0.000000156. The lowest BCUT2D eigenvalue weighted by molar-refractivity contribution is 0.310. The third kappa shape index (κ3) is 19.4. The maximum atomic E-state index is 16.0. The standard InChI is InChI=1S/C28H22F3N5O3S2.C26H18Cl2F2N6O3S2.C24H14Cl2F2N6O2S2/c1-16-10-11-19(29)26(22(16)30)41(38,39)36-20-9-5-8-18(23(20)31)24-25(21-12-13-32-28(34-21)33-14-15-37)40-27(35-24)17-6-3-2-4-7-17;27-16-4-2-5-17(28)24(16)41(38,39)36-18-6-1-3-15(21(18)30)22-23(19-9-10-31-26(34-19)32-11-12-37)40-25(35-22)20-8-7-14(29)13-33-20;25-14-4-2-5-15(26)22(14)38(35,36)34-16-6-1-3-13(19(16)28)20-21(17-9-10-30-24(29)32-17)37-23(33-20)18-8-7-12(27)11-31-18/h2-13,36-37H,14-15H2,1H3,(H,32,33,34);1-10,13,36-37H,11-12H2,(H,31,32,34);1-11,34H,(H2,29,30,32). The highest BCUT2D eigenvalue weighted by Crippen LogP contribution is 2.47. The highest BCUT2D eigenvalue weighted by molar-refractivity contribution is 7.93. The molecule has 25 nitrogen and oxygen atoms in total. The van der Waals surface area contributed by atoms with Crippen LogP contribution in [0.4, 0.5) is 65.6 Å². The number of aromatic nitrogens is 11. The topological polar surface area (TPSA) is 371 Å². The van der Waals surface area contributed by atoms with Crippen LogP contribution in [-0.4, -0.2) is 117 Å². The smallest absolute Gasteiger partial charge is 0.267 e. The Morgan fingerprint density at radius 3 is 1.15 bits per heavy atom. The second kappa shape index (κ2) is 37.2. The zero-order valence-electron chi connectivity index (χ0n) is 60.9. The fourth-order valence-electron chi connectivity index (χ4n) is 11.3. The molecule has 9 N–H and O–H groups in total. The maximum absolute atomic E-state index is 16.0. The molecule has 0 radical (unpaired) electrons. The highest BCUT2D eigenvalue weighted by Gasteiger charge is 2.32. The van der Waals surface area contributed by atoms with Gasteiger partial charge < -0.3 is 26.6 Å². The van der Waals surface area contributed by atoms with Crippen molar-refractivity contribution in [3.63, 3.8) is 0 Å². The molecule has 7 aromatic carbocycles. The van der Waals surface area contributed by atoms with Crippen LogP contribution in [0.25, 0.3) is 97.5 Å². The average Bonchev–Trinajstić information content (AvgIpc) is 1.75. The number of nitrogens with zero attached hydrogens (tertiary/aromatic N) is 11. The second-order valence-electron chi connectivity index (χ2n) is 24.7. The fraction of sp³-hybridized carbons (Fsp3) is 0.0641. The number of thiazole rings is 3. The summed E-state index contributed by atoms with van der Waals surface area (Å²) in [6.07, 6.45) is 6.49. The van der Waals surface area contributed by atoms with E-state index >= 15 is 13.2 Å². The molecule has 612 valence electrons. The zero-order chi connectivity index (χ0) is 85.3. The Bertz CT molecular complexity index is 6690. The van der Waals surface area contributed by atoms with Crippen LogP contribution in [0.15, 0.2) is 222 Å². The number of nitrogens with two attached hydrogens (primary N) is 1. The van der Waals surface area contributed by atoms with E-state index in [4.69, 9.17) is 62.4 Å². The number of aryl methyl sites for hydroxylation is 1. The van der Waals surface area contributed by atoms with Crippen molar-refractivity contribution in [2.45, 2.75) is 21.6 Å². The SMILES string of the molecule is Cc1ccc(F)c(S(=O)(=O)Nc2cccc(-c3nc(-c4ccccc4)sc3-c3ccnc(NCCO)n3)c2F)c1F.Nc1nccc(-c2sc(-c3ccc(F)cn3)nc2-c2cccc(NS(=O)(=O)c3c(Cl)cccc3Cl)c2F)n1.O=S(=O)(Nc1cccc(-c2nc(-c3ccc(F)cn3)sc2-c2ccnc(NCCO)n2)c1F)c1c(Cl)cccc1Cl. The number of nitrogens with one attached hydrogen (secondary N) is 5. The normalized spacial score (nSPS) is 11.4. The summed E-state index contributed by atoms with van der Waals surface area (Å²) in [5, 5.41) is 24.7. The molecule has 0 bridgehead atoms. The largest absolute Gasteiger partial charge is 0.395 e. The lowest BCUT2D eigenvalue weighted by atomic mass is 10.1. The van der Waals surface area contributed by atoms with Crippen LogP contribution < -0.4 is 30.5 Å². The Kier molecular flexibility index (Phi) is 26.7. The van der Waals surface area contributed by atoms with Crippen LogP contribution in [0.5, 0.6) is 0 Å². The molecular formula is C78H54Cl4F7N17O8S6. The summed E-state index contributed by atoms with van der Waals surface area (Å²) < 4.78 is 189. The van der Waals surface area contributed by atoms with Crippen molar-refractivity contribution in [1.82, 2.24) is 54.8 Å². The van der Waals surface area contributed by atoms with Crippen molar-refractivity contribution in [1.29, 1.82) is 0 Å². The van der Waals surface area contributed by atoms with Crippen molar-refractivity contribution < 1.29 is 66.2 Å². The summed E-state index contributed by atoms with van der Waals surface area (Å²) in [6, 6.07) is 41.8. The Hall–Kier alpha value is -11.8. The fourth-order valence-corrected chi connectivity index (χ4v) is 20.0. The van der Waals surface area contributed by atoms with E-state index < -0.39 is 86.3 Å². The van der Waals surface area contributed by atoms with E-state index in [1.165, 1.54) is 146 Å². The van der Waals surface area contributed by atoms with Crippen LogP contribution in [0.2, 0.25) is 20.1 Å². The van der Waals surface area contributed by atoms with Gasteiger partial charge in [-0.25, -0.2) is 101 Å². The van der Waals surface area contributed by atoms with Gasteiger partial charge in [0, 0.05) is 53.9 Å². The van der Waals surface area contributed by atoms with E-state index in [2.05, 4.69) is 74.9 Å². The summed E-state index contributed by atoms with van der Waals surface area (Å²) in [6.45, 7) is 1.43. The number of benzene rings is 7. The van der Waals surface area contributed by atoms with Crippen molar-refractivity contribution in [2.75, 3.05) is 56.8 Å². The molecule has 15 aromatic rings. The van der Waals surface area contributed by atoms with E-state index in [0.29, 0.717) is 58.1 Å². The summed E-state index contributed by atoms with van der Waals surface area (Å²) in [4.78, 5) is 46.5. The van der Waals surface area contributed by atoms with Crippen LogP contribution >= 0.6 is 80.4 Å². The molecule has 120 heavy (non-hydrogen) atoms. The molecule has 8 aromatic heterocycles. The van der Waals surface area contributed by atoms with Crippen LogP contribution in [-0.2, 0) is 30.1 Å². The Morgan fingerprint density at radius 2 is 0.758 bits per heavy atom. The van der Waals surface area contributed by atoms with Gasteiger partial charge in [-0.15, -0.1) is 34.0 Å². The second-order valence-corrected chi connectivity index (χ2v) is 34.2. The molecule has 0 aliphatic heterocycles. The molecule has 0 amide bonds. The van der Waals surface area contributed by atoms with E-state index in [1.54, 1.807) is 18.2 Å². The third-order valence-corrected chi connectivity index (χ3v) is 26.0. The first kappa shape index (κ1) is 86.1. The van der Waals surface area contributed by atoms with Gasteiger partial charge in [0.15, 0.2) is 22.3 Å². The average molecular weight is 1820 g/mol. The number of halogens is 11. The maximum Gasteiger partial charge on any atom is 0.267 e. The first-order valence-electron chi connectivity index (χ1n) is 34.6. The van der Waals surface area contributed by atoms with Gasteiger partial charge in [-0.1, -0.05) is 113 Å². The van der Waals surface area contributed by atoms with Gasteiger partial charge >= 0.3 is 0 Å². The molecule has 0 atom stereocenters. The predicted molar refractivity (Wildman–Crippen MR) is 449 cm³/mol. The Morgan fingerprint density at radius 1 is 0.383 bits per heavy atom. The molecule has 8 heterocycles. The van der Waals surface area contributed by atoms with Crippen LogP contribution in [0, 0.1) is 47.6 Å². The molecule has 0 aliphatic carbocycles. The molecule has 42 heteroatoms. The van der Waals surface area contributed by atoms with Gasteiger partial charge in [0.05, 0.1) is 123 Å². The Labute approximate surface area is 710 Å². The highest BCUT2D eigenvalue weighted by atomic mass is 35.5. The molecule has 0 saturated carbocycles. The van der Waals surface area contributed by atoms with Gasteiger partial charge in [-0.3, -0.25) is 24.1 Å². The quantitative estimate of drug-likeness (QED) is 0.0260. The minimum Gasteiger partial charge on any atom is -0.395 e. The molecular weight excluding hydrogens is 1770 g/mol. The lowest BCUT2D eigenvalue weighted by Gasteiger charge is -2.13. The number of anilines is 6. The lowest BCUT2D eigenvalue weighted by Crippen LogP contribution is -2.18. The van der Waals surface area contributed by atoms with Crippen molar-refractivity contribution in [3.05, 3.63) is 273 Å². The number of sulfonamides is 3. The minimum atomic E-state index is -4.84. The summed E-state index contributed by atoms with van der Waals surface area (Å²) in [5.41, 5.74) is 7.31. The van der Waals surface area contributed by atoms with E-state index in [1.807, 2.05) is 35.1 Å². The van der Waals surface area contributed by atoms with E-state index in [9.17, 15) is 42.8 Å². The number of aliphatic hydroxyl groups excluding tert-OH is 2. The summed E-state index contributed by atoms with van der Waals surface area (Å²) >= 11 is 27.8. The van der Waals surface area contributed by atoms with Gasteiger partial charge in [-0.05, 0) is 122 Å². The minimum absolute atomic E-state index is 0.0121. The number of hydrogen-bond donors (Lipinski definition) is 8. The van der Waals surface area contributed by atoms with E-state index in [-0.39, 0.29) is 120 Å². The van der Waals surface area contributed by atoms with E-state index in [0.717, 1.165) is 58.8 Å². The number of hydrogen-bond acceptors (Lipinski definition) is 25. The molecule has 0 saturated heterocycles. The van der Waals surface area contributed by atoms with Crippen LogP contribution in [0.1, 0.15) is 5.56 Å². The van der Waals surface area contributed by atoms with Crippen molar-refractivity contribution in [3.8, 4) is 97.5 Å². The summed E-state index contributed by atoms with van der Waals surface area (Å²) in [7, 11) is -13.6. The summed E-state index contributed by atoms with van der Waals surface area (Å²) in [5.74, 6) is -6.02. The van der Waals surface area contributed by atoms with Gasteiger partial charge in [0.2, 0.25) is 17.8 Å². The van der Waals surface area contributed by atoms with Crippen LogP contribution in [0.3, 0.4) is 0 Å². The van der Waals surface area contributed by atoms with Gasteiger partial charge in [0.25, 0.3) is 30.1 Å². The van der Waals surface area contributed by atoms with Crippen molar-refractivity contribution >= 4 is 145 Å². The van der Waals surface area contributed by atoms with Gasteiger partial charge in [0.1, 0.15) is 48.1 Å². The van der Waals surface area contributed by atoms with Gasteiger partial charge in [-0.2, -0.15) is 0 Å². The number of pyridine rings is 2. The monoisotopic (exact) mass is 1820 g/mol. The molecule has 0 spiro atoms. The molecule has 0 unspecified atom stereocenters. The first-order chi connectivity index (χ1) is 57.5. The molecule has 0 fully saturated rings. The number of rotatable bonds is 24. The molecule has 15 rings (SSSR count). The molecule has 0 aliphatic rings. The first-order valence-corrected chi connectivity index (χ1v) is 43.0. The number of nitrogen functional groups attached to an aromatic ring is 1. The third-order valence-electron chi connectivity index (χ3n) is 16.6. The van der Waals surface area contributed by atoms with Crippen molar-refractivity contribution in [2.24, 2.45) is 0 Å². The predicted octanol–water partition coefficient (Wildman–Crippen LogP) is 18.3. The zero-order valence-corrected chi connectivity index (χ0v) is 68.8.